The highest BCUT2D eigenvalue weighted by atomic mass is 32.2. The standard InChI is InChI=1S/C20H18FNO2S2/c1-12-7-13(2)9-16(8-12)17-5-3-15(11-19(17)25)14-4-6-20(18(21)10-14)26(22,23)24/h3-11,25H,1-2H3,(H2,22,23,24). The zero-order valence-electron chi connectivity index (χ0n) is 14.3. The van der Waals surface area contributed by atoms with Gasteiger partial charge in [0, 0.05) is 4.90 Å². The molecule has 0 spiro atoms. The summed E-state index contributed by atoms with van der Waals surface area (Å²) in [5, 5.41) is 5.00. The average Bonchev–Trinajstić information content (AvgIpc) is 2.52. The molecule has 0 aliphatic heterocycles. The Bertz CT molecular complexity index is 1090. The first-order valence-electron chi connectivity index (χ1n) is 7.89. The number of thiol groups is 1. The summed E-state index contributed by atoms with van der Waals surface area (Å²) in [6, 6.07) is 15.8. The van der Waals surface area contributed by atoms with E-state index in [1.54, 1.807) is 0 Å². The molecule has 0 saturated heterocycles. The molecule has 0 unspecified atom stereocenters. The van der Waals surface area contributed by atoms with Gasteiger partial charge in [0.25, 0.3) is 0 Å². The van der Waals surface area contributed by atoms with E-state index in [1.165, 1.54) is 18.2 Å². The van der Waals surface area contributed by atoms with Gasteiger partial charge in [-0.2, -0.15) is 0 Å². The van der Waals surface area contributed by atoms with Gasteiger partial charge < -0.3 is 0 Å². The molecule has 3 aromatic carbocycles. The number of halogens is 1. The lowest BCUT2D eigenvalue weighted by Crippen LogP contribution is -2.13. The molecule has 2 N–H and O–H groups in total. The van der Waals surface area contributed by atoms with Gasteiger partial charge in [0.15, 0.2) is 0 Å². The van der Waals surface area contributed by atoms with E-state index in [2.05, 4.69) is 30.8 Å². The van der Waals surface area contributed by atoms with Crippen LogP contribution < -0.4 is 5.14 Å². The molecule has 3 aromatic rings. The van der Waals surface area contributed by atoms with Crippen LogP contribution in [0.2, 0.25) is 0 Å². The van der Waals surface area contributed by atoms with Gasteiger partial charge in [0.1, 0.15) is 10.7 Å². The largest absolute Gasteiger partial charge is 0.240 e. The van der Waals surface area contributed by atoms with Gasteiger partial charge in [-0.15, -0.1) is 12.6 Å². The number of hydrogen-bond donors (Lipinski definition) is 2. The molecule has 0 radical (unpaired) electrons. The van der Waals surface area contributed by atoms with Gasteiger partial charge >= 0.3 is 0 Å². The Balaban J connectivity index is 2.04. The Morgan fingerprint density at radius 3 is 1.96 bits per heavy atom. The van der Waals surface area contributed by atoms with Gasteiger partial charge in [-0.1, -0.05) is 47.5 Å². The molecule has 6 heteroatoms. The second-order valence-electron chi connectivity index (χ2n) is 6.30. The van der Waals surface area contributed by atoms with Crippen molar-refractivity contribution >= 4 is 22.7 Å². The third kappa shape index (κ3) is 3.82. The van der Waals surface area contributed by atoms with Crippen molar-refractivity contribution in [1.29, 1.82) is 0 Å². The number of benzene rings is 3. The van der Waals surface area contributed by atoms with E-state index >= 15 is 0 Å². The van der Waals surface area contributed by atoms with E-state index in [9.17, 15) is 12.8 Å². The van der Waals surface area contributed by atoms with Gasteiger partial charge in [0.2, 0.25) is 10.0 Å². The highest BCUT2D eigenvalue weighted by Crippen LogP contribution is 2.33. The first kappa shape index (κ1) is 18.6. The molecule has 0 amide bonds. The van der Waals surface area contributed by atoms with Gasteiger partial charge in [0.05, 0.1) is 0 Å². The number of aryl methyl sites for hydroxylation is 2. The monoisotopic (exact) mass is 387 g/mol. The Morgan fingerprint density at radius 2 is 1.42 bits per heavy atom. The highest BCUT2D eigenvalue weighted by Gasteiger charge is 2.15. The lowest BCUT2D eigenvalue weighted by atomic mass is 9.97. The van der Waals surface area contributed by atoms with E-state index in [-0.39, 0.29) is 0 Å². The predicted molar refractivity (Wildman–Crippen MR) is 105 cm³/mol. The first-order valence-corrected chi connectivity index (χ1v) is 9.89. The fraction of sp³-hybridized carbons (Fsp3) is 0.100. The molecular formula is C20H18FNO2S2. The molecule has 3 nitrogen and oxygen atoms in total. The molecule has 26 heavy (non-hydrogen) atoms. The molecule has 0 fully saturated rings. The van der Waals surface area contributed by atoms with Crippen LogP contribution in [0, 0.1) is 19.7 Å². The van der Waals surface area contributed by atoms with Crippen molar-refractivity contribution in [2.45, 2.75) is 23.6 Å². The van der Waals surface area contributed by atoms with Crippen LogP contribution in [0.1, 0.15) is 11.1 Å². The average molecular weight is 388 g/mol. The van der Waals surface area contributed by atoms with E-state index in [0.29, 0.717) is 5.56 Å². The minimum Gasteiger partial charge on any atom is -0.225 e. The number of hydrogen-bond acceptors (Lipinski definition) is 3. The van der Waals surface area contributed by atoms with Crippen LogP contribution in [0.25, 0.3) is 22.3 Å². The minimum atomic E-state index is -4.08. The van der Waals surface area contributed by atoms with Crippen molar-refractivity contribution in [2.24, 2.45) is 5.14 Å². The third-order valence-corrected chi connectivity index (χ3v) is 5.42. The van der Waals surface area contributed by atoms with E-state index in [4.69, 9.17) is 5.14 Å². The number of sulfonamides is 1. The summed E-state index contributed by atoms with van der Waals surface area (Å²) in [7, 11) is -4.08. The zero-order chi connectivity index (χ0) is 19.1. The van der Waals surface area contributed by atoms with Crippen LogP contribution in [0.3, 0.4) is 0 Å². The topological polar surface area (TPSA) is 60.2 Å². The van der Waals surface area contributed by atoms with Gasteiger partial charge in [-0.05, 0) is 54.3 Å². The molecule has 0 aliphatic rings. The van der Waals surface area contributed by atoms with Crippen LogP contribution in [-0.4, -0.2) is 8.42 Å². The van der Waals surface area contributed by atoms with Crippen LogP contribution >= 0.6 is 12.6 Å². The lowest BCUT2D eigenvalue weighted by Gasteiger charge is -2.11. The zero-order valence-corrected chi connectivity index (χ0v) is 16.0. The maximum atomic E-state index is 14.1. The summed E-state index contributed by atoms with van der Waals surface area (Å²) in [5.41, 5.74) is 5.66. The quantitative estimate of drug-likeness (QED) is 0.639. The Kier molecular flexibility index (Phi) is 4.92. The lowest BCUT2D eigenvalue weighted by molar-refractivity contribution is 0.568. The van der Waals surface area contributed by atoms with Gasteiger partial charge in [-0.3, -0.25) is 0 Å². The van der Waals surface area contributed by atoms with Crippen LogP contribution in [-0.2, 0) is 10.0 Å². The Labute approximate surface area is 158 Å². The van der Waals surface area contributed by atoms with E-state index < -0.39 is 20.7 Å². The molecule has 134 valence electrons. The molecule has 0 saturated carbocycles. The number of nitrogens with two attached hydrogens (primary N) is 1. The van der Waals surface area contributed by atoms with E-state index in [0.717, 1.165) is 32.7 Å². The van der Waals surface area contributed by atoms with Crippen LogP contribution in [0.5, 0.6) is 0 Å². The fourth-order valence-electron chi connectivity index (χ4n) is 3.00. The molecule has 3 rings (SSSR count). The number of primary sulfonamides is 1. The molecule has 0 atom stereocenters. The maximum absolute atomic E-state index is 14.1. The normalized spacial score (nSPS) is 11.6. The number of rotatable bonds is 3. The van der Waals surface area contributed by atoms with Crippen molar-refractivity contribution in [3.8, 4) is 22.3 Å². The summed E-state index contributed by atoms with van der Waals surface area (Å²) in [6.45, 7) is 4.08. The van der Waals surface area contributed by atoms with Crippen LogP contribution in [0.15, 0.2) is 64.4 Å². The second kappa shape index (κ2) is 6.87. The Hall–Kier alpha value is -2.15. The van der Waals surface area contributed by atoms with Crippen molar-refractivity contribution in [2.75, 3.05) is 0 Å². The summed E-state index contributed by atoms with van der Waals surface area (Å²) in [6.07, 6.45) is 0. The first-order chi connectivity index (χ1) is 12.1. The van der Waals surface area contributed by atoms with Crippen molar-refractivity contribution in [3.05, 3.63) is 71.5 Å². The van der Waals surface area contributed by atoms with Crippen molar-refractivity contribution in [1.82, 2.24) is 0 Å². The minimum absolute atomic E-state index is 0.515. The second-order valence-corrected chi connectivity index (χ2v) is 8.31. The van der Waals surface area contributed by atoms with Crippen molar-refractivity contribution < 1.29 is 12.8 Å². The summed E-state index contributed by atoms with van der Waals surface area (Å²) in [4.78, 5) is 0.239. The van der Waals surface area contributed by atoms with Gasteiger partial charge in [-0.25, -0.2) is 17.9 Å². The van der Waals surface area contributed by atoms with Crippen LogP contribution in [0.4, 0.5) is 4.39 Å². The molecular weight excluding hydrogens is 369 g/mol. The summed E-state index contributed by atoms with van der Waals surface area (Å²) < 4.78 is 36.8. The predicted octanol–water partition coefficient (Wildman–Crippen LogP) is 4.71. The summed E-state index contributed by atoms with van der Waals surface area (Å²) in [5.74, 6) is -0.871. The maximum Gasteiger partial charge on any atom is 0.240 e. The molecule has 0 aromatic heterocycles. The smallest absolute Gasteiger partial charge is 0.225 e. The summed E-state index contributed by atoms with van der Waals surface area (Å²) >= 11 is 4.58. The fourth-order valence-corrected chi connectivity index (χ4v) is 3.93. The Morgan fingerprint density at radius 1 is 0.846 bits per heavy atom. The van der Waals surface area contributed by atoms with Crippen molar-refractivity contribution in [3.63, 3.8) is 0 Å². The molecule has 0 bridgehead atoms. The third-order valence-electron chi connectivity index (χ3n) is 4.10. The van der Waals surface area contributed by atoms with E-state index in [1.807, 2.05) is 32.0 Å². The SMILES string of the molecule is Cc1cc(C)cc(-c2ccc(-c3ccc(S(N)(=O)=O)c(F)c3)cc2S)c1. The molecule has 0 heterocycles. The highest BCUT2D eigenvalue weighted by molar-refractivity contribution is 7.89. The molecule has 0 aliphatic carbocycles.